The van der Waals surface area contributed by atoms with E-state index in [4.69, 9.17) is 0 Å². The van der Waals surface area contributed by atoms with E-state index in [1.54, 1.807) is 29.5 Å². The Labute approximate surface area is 141 Å². The predicted octanol–water partition coefficient (Wildman–Crippen LogP) is 2.39. The Bertz CT molecular complexity index is 524. The van der Waals surface area contributed by atoms with Gasteiger partial charge in [0.25, 0.3) is 0 Å². The molecule has 1 aromatic heterocycles. The van der Waals surface area contributed by atoms with Gasteiger partial charge in [0.1, 0.15) is 0 Å². The van der Waals surface area contributed by atoms with Gasteiger partial charge in [-0.1, -0.05) is 12.8 Å². The number of aryl methyl sites for hydroxylation is 1. The highest BCUT2D eigenvalue weighted by Gasteiger charge is 2.16. The molecule has 3 amide bonds. The minimum absolute atomic E-state index is 0.146. The highest BCUT2D eigenvalue weighted by Crippen LogP contribution is 2.13. The molecule has 0 bridgehead atoms. The van der Waals surface area contributed by atoms with E-state index >= 15 is 0 Å². The molecule has 0 radical (unpaired) electrons. The van der Waals surface area contributed by atoms with E-state index < -0.39 is 0 Å². The van der Waals surface area contributed by atoms with E-state index in [9.17, 15) is 9.59 Å². The average Bonchev–Trinajstić information content (AvgIpc) is 2.78. The summed E-state index contributed by atoms with van der Waals surface area (Å²) in [5.41, 5.74) is 0. The summed E-state index contributed by atoms with van der Waals surface area (Å²) in [6.07, 6.45) is 6.78. The fourth-order valence-electron chi connectivity index (χ4n) is 2.67. The third-order valence-electron chi connectivity index (χ3n) is 3.98. The van der Waals surface area contributed by atoms with Crippen LogP contribution >= 0.6 is 11.3 Å². The first-order valence-electron chi connectivity index (χ1n) is 8.24. The molecule has 1 aliphatic heterocycles. The molecule has 1 aliphatic rings. The average molecular weight is 338 g/mol. The van der Waals surface area contributed by atoms with Gasteiger partial charge in [-0.25, -0.2) is 9.78 Å². The first-order valence-corrected chi connectivity index (χ1v) is 9.06. The number of rotatable bonds is 5. The molecule has 0 atom stereocenters. The van der Waals surface area contributed by atoms with Crippen molar-refractivity contribution >= 4 is 23.3 Å². The van der Waals surface area contributed by atoms with Gasteiger partial charge in [-0.05, 0) is 19.8 Å². The lowest BCUT2D eigenvalue weighted by molar-refractivity contribution is -0.131. The van der Waals surface area contributed by atoms with Crippen LogP contribution in [-0.4, -0.2) is 53.4 Å². The van der Waals surface area contributed by atoms with E-state index in [1.165, 1.54) is 12.8 Å². The van der Waals surface area contributed by atoms with E-state index in [-0.39, 0.29) is 11.9 Å². The van der Waals surface area contributed by atoms with Gasteiger partial charge < -0.3 is 15.1 Å². The first-order chi connectivity index (χ1) is 11.1. The van der Waals surface area contributed by atoms with Gasteiger partial charge in [-0.15, -0.1) is 11.3 Å². The molecular formula is C16H26N4O2S. The molecule has 0 aromatic carbocycles. The number of urea groups is 1. The van der Waals surface area contributed by atoms with Crippen LogP contribution in [0.25, 0.3) is 0 Å². The predicted molar refractivity (Wildman–Crippen MR) is 91.4 cm³/mol. The molecule has 6 nitrogen and oxygen atoms in total. The van der Waals surface area contributed by atoms with Gasteiger partial charge in [0.15, 0.2) is 0 Å². The second-order valence-corrected chi connectivity index (χ2v) is 7.30. The largest absolute Gasteiger partial charge is 0.343 e. The lowest BCUT2D eigenvalue weighted by atomic mass is 10.2. The Morgan fingerprint density at radius 2 is 2.00 bits per heavy atom. The molecule has 1 aromatic rings. The smallest absolute Gasteiger partial charge is 0.317 e. The summed E-state index contributed by atoms with van der Waals surface area (Å²) in [6.45, 7) is 4.59. The molecular weight excluding hydrogens is 312 g/mol. The summed E-state index contributed by atoms with van der Waals surface area (Å²) in [5, 5.41) is 3.82. The highest BCUT2D eigenvalue weighted by molar-refractivity contribution is 7.11. The van der Waals surface area contributed by atoms with Crippen molar-refractivity contribution < 1.29 is 9.59 Å². The van der Waals surface area contributed by atoms with Crippen LogP contribution < -0.4 is 5.32 Å². The summed E-state index contributed by atoms with van der Waals surface area (Å²) in [7, 11) is 1.75. The van der Waals surface area contributed by atoms with Crippen LogP contribution in [0, 0.1) is 6.92 Å². The normalized spacial score (nSPS) is 15.1. The summed E-state index contributed by atoms with van der Waals surface area (Å²) in [4.78, 5) is 33.0. The van der Waals surface area contributed by atoms with Crippen molar-refractivity contribution in [2.24, 2.45) is 0 Å². The van der Waals surface area contributed by atoms with E-state index in [0.717, 1.165) is 35.8 Å². The third-order valence-corrected chi connectivity index (χ3v) is 4.88. The molecule has 1 fully saturated rings. The zero-order valence-corrected chi connectivity index (χ0v) is 14.8. The van der Waals surface area contributed by atoms with E-state index in [2.05, 4.69) is 10.3 Å². The molecule has 1 N–H and O–H groups in total. The SMILES string of the molecule is Cc1ncc(CN(C)C(=O)NCCC(=O)N2CCCCCC2)s1. The van der Waals surface area contributed by atoms with Crippen LogP contribution in [0.5, 0.6) is 0 Å². The van der Waals surface area contributed by atoms with Gasteiger partial charge in [0.05, 0.1) is 11.6 Å². The number of likely N-dealkylation sites (tertiary alicyclic amines) is 1. The summed E-state index contributed by atoms with van der Waals surface area (Å²) < 4.78 is 0. The minimum atomic E-state index is -0.153. The number of thiazole rings is 1. The van der Waals surface area contributed by atoms with Crippen molar-refractivity contribution in [1.29, 1.82) is 0 Å². The maximum absolute atomic E-state index is 12.2. The van der Waals surface area contributed by atoms with Crippen molar-refractivity contribution in [2.45, 2.75) is 45.6 Å². The summed E-state index contributed by atoms with van der Waals surface area (Å²) >= 11 is 1.59. The molecule has 0 spiro atoms. The quantitative estimate of drug-likeness (QED) is 0.896. The molecule has 0 saturated carbocycles. The molecule has 0 unspecified atom stereocenters. The zero-order valence-electron chi connectivity index (χ0n) is 14.0. The van der Waals surface area contributed by atoms with Crippen molar-refractivity contribution in [3.63, 3.8) is 0 Å². The maximum atomic E-state index is 12.2. The number of hydrogen-bond donors (Lipinski definition) is 1. The monoisotopic (exact) mass is 338 g/mol. The number of aromatic nitrogens is 1. The van der Waals surface area contributed by atoms with Crippen LogP contribution in [0.4, 0.5) is 4.79 Å². The second-order valence-electron chi connectivity index (χ2n) is 5.98. The topological polar surface area (TPSA) is 65.5 Å². The van der Waals surface area contributed by atoms with Crippen molar-refractivity contribution in [3.05, 3.63) is 16.1 Å². The highest BCUT2D eigenvalue weighted by atomic mass is 32.1. The van der Waals surface area contributed by atoms with E-state index in [0.29, 0.717) is 19.5 Å². The van der Waals surface area contributed by atoms with Crippen molar-refractivity contribution in [2.75, 3.05) is 26.7 Å². The lowest BCUT2D eigenvalue weighted by Crippen LogP contribution is -2.39. The maximum Gasteiger partial charge on any atom is 0.317 e. The Morgan fingerprint density at radius 1 is 1.30 bits per heavy atom. The third kappa shape index (κ3) is 5.82. The van der Waals surface area contributed by atoms with Crippen LogP contribution in [0.15, 0.2) is 6.20 Å². The molecule has 0 aliphatic carbocycles. The Morgan fingerprint density at radius 3 is 2.61 bits per heavy atom. The van der Waals surface area contributed by atoms with Crippen LogP contribution in [-0.2, 0) is 11.3 Å². The Hall–Kier alpha value is -1.63. The number of amides is 3. The zero-order chi connectivity index (χ0) is 16.7. The fraction of sp³-hybridized carbons (Fsp3) is 0.688. The standard InChI is InChI=1S/C16H26N4O2S/c1-13-18-11-14(23-13)12-19(2)16(22)17-8-7-15(21)20-9-5-3-4-6-10-20/h11H,3-10,12H2,1-2H3,(H,17,22). The lowest BCUT2D eigenvalue weighted by Gasteiger charge is -2.21. The molecule has 1 saturated heterocycles. The number of carbonyl (C=O) groups is 2. The number of nitrogens with zero attached hydrogens (tertiary/aromatic N) is 3. The molecule has 128 valence electrons. The molecule has 23 heavy (non-hydrogen) atoms. The van der Waals surface area contributed by atoms with Crippen molar-refractivity contribution in [3.8, 4) is 0 Å². The molecule has 2 rings (SSSR count). The molecule has 7 heteroatoms. The van der Waals surface area contributed by atoms with Gasteiger partial charge in [0.2, 0.25) is 5.91 Å². The Kier molecular flexibility index (Phi) is 6.83. The second kappa shape index (κ2) is 8.86. The fourth-order valence-corrected chi connectivity index (χ4v) is 3.52. The van der Waals surface area contributed by atoms with Crippen LogP contribution in [0.2, 0.25) is 0 Å². The van der Waals surface area contributed by atoms with Gasteiger partial charge in [0, 0.05) is 44.2 Å². The number of nitrogens with one attached hydrogen (secondary N) is 1. The first kappa shape index (κ1) is 17.7. The van der Waals surface area contributed by atoms with Crippen LogP contribution in [0.3, 0.4) is 0 Å². The van der Waals surface area contributed by atoms with E-state index in [1.807, 2.05) is 11.8 Å². The minimum Gasteiger partial charge on any atom is -0.343 e. The molecule has 2 heterocycles. The number of carbonyl (C=O) groups excluding carboxylic acids is 2. The van der Waals surface area contributed by atoms with Gasteiger partial charge in [-0.2, -0.15) is 0 Å². The van der Waals surface area contributed by atoms with Crippen LogP contribution in [0.1, 0.15) is 42.0 Å². The summed E-state index contributed by atoms with van der Waals surface area (Å²) in [6, 6.07) is -0.153. The van der Waals surface area contributed by atoms with Gasteiger partial charge in [-0.3, -0.25) is 4.79 Å². The van der Waals surface area contributed by atoms with Crippen molar-refractivity contribution in [1.82, 2.24) is 20.1 Å². The summed E-state index contributed by atoms with van der Waals surface area (Å²) in [5.74, 6) is 0.146. The Balaban J connectivity index is 1.68. The van der Waals surface area contributed by atoms with Gasteiger partial charge >= 0.3 is 6.03 Å². The number of hydrogen-bond acceptors (Lipinski definition) is 4.